The largest absolute Gasteiger partial charge is 0.494 e. The molecule has 158 valence electrons. The van der Waals surface area contributed by atoms with Crippen LogP contribution in [0.15, 0.2) is 53.4 Å². The maximum Gasteiger partial charge on any atom is 0.224 e. The zero-order chi connectivity index (χ0) is 20.9. The van der Waals surface area contributed by atoms with Crippen LogP contribution in [-0.2, 0) is 6.42 Å². The lowest BCUT2D eigenvalue weighted by Gasteiger charge is -2.09. The fraction of sp³-hybridized carbons (Fsp3) is 0.500. The zero-order valence-electron chi connectivity index (χ0n) is 18.3. The Balaban J connectivity index is 1.75. The van der Waals surface area contributed by atoms with Crippen LogP contribution in [-0.4, -0.2) is 11.7 Å². The summed E-state index contributed by atoms with van der Waals surface area (Å²) in [7, 11) is 0. The molecule has 0 aliphatic rings. The molecule has 0 fully saturated rings. The predicted octanol–water partition coefficient (Wildman–Crippen LogP) is 7.95. The van der Waals surface area contributed by atoms with Crippen LogP contribution in [0.1, 0.15) is 81.6 Å². The van der Waals surface area contributed by atoms with Gasteiger partial charge in [0.25, 0.3) is 0 Å². The quantitative estimate of drug-likeness (QED) is 0.247. The number of thioether (sulfide) groups is 1. The van der Waals surface area contributed by atoms with Crippen molar-refractivity contribution in [2.75, 3.05) is 6.61 Å². The highest BCUT2D eigenvalue weighted by atomic mass is 32.2. The van der Waals surface area contributed by atoms with Crippen LogP contribution in [0.3, 0.4) is 0 Å². The van der Waals surface area contributed by atoms with Gasteiger partial charge in [-0.2, -0.15) is 0 Å². The standard InChI is InChI=1S/C26H36O2S/c1-4-6-7-8-9-10-19-28-24-15-13-23(14-16-24)26(27)29-25-17-11-22(12-18-25)20-21(3)5-2/h11-18,21H,4-10,19-20H2,1-3H3. The Bertz CT molecular complexity index is 706. The van der Waals surface area contributed by atoms with Crippen molar-refractivity contribution in [1.82, 2.24) is 0 Å². The third-order valence-electron chi connectivity index (χ3n) is 5.27. The lowest BCUT2D eigenvalue weighted by molar-refractivity contribution is 0.108. The van der Waals surface area contributed by atoms with E-state index in [4.69, 9.17) is 4.74 Å². The van der Waals surface area contributed by atoms with Crippen molar-refractivity contribution in [3.05, 3.63) is 59.7 Å². The van der Waals surface area contributed by atoms with Crippen molar-refractivity contribution < 1.29 is 9.53 Å². The Labute approximate surface area is 181 Å². The molecule has 2 aromatic rings. The molecule has 0 aliphatic carbocycles. The fourth-order valence-corrected chi connectivity index (χ4v) is 3.91. The normalized spacial score (nSPS) is 12.0. The molecule has 1 atom stereocenters. The molecular weight excluding hydrogens is 376 g/mol. The minimum Gasteiger partial charge on any atom is -0.494 e. The molecule has 0 N–H and O–H groups in total. The molecular formula is C26H36O2S. The average Bonchev–Trinajstić information content (AvgIpc) is 2.74. The second-order valence-electron chi connectivity index (χ2n) is 7.89. The maximum absolute atomic E-state index is 12.5. The van der Waals surface area contributed by atoms with Crippen molar-refractivity contribution in [3.63, 3.8) is 0 Å². The Kier molecular flexibility index (Phi) is 10.9. The SMILES string of the molecule is CCCCCCCCOc1ccc(C(=O)Sc2ccc(CC(C)CC)cc2)cc1. The van der Waals surface area contributed by atoms with Crippen LogP contribution in [0, 0.1) is 5.92 Å². The van der Waals surface area contributed by atoms with Gasteiger partial charge in [-0.25, -0.2) is 0 Å². The molecule has 0 saturated heterocycles. The Morgan fingerprint density at radius 3 is 2.21 bits per heavy atom. The second-order valence-corrected chi connectivity index (χ2v) is 8.94. The summed E-state index contributed by atoms with van der Waals surface area (Å²) in [6, 6.07) is 15.9. The van der Waals surface area contributed by atoms with Crippen LogP contribution in [0.2, 0.25) is 0 Å². The summed E-state index contributed by atoms with van der Waals surface area (Å²) in [5.74, 6) is 1.53. The molecule has 0 aliphatic heterocycles. The van der Waals surface area contributed by atoms with Crippen LogP contribution < -0.4 is 4.74 Å². The van der Waals surface area contributed by atoms with E-state index < -0.39 is 0 Å². The zero-order valence-corrected chi connectivity index (χ0v) is 19.1. The van der Waals surface area contributed by atoms with E-state index in [1.165, 1.54) is 55.9 Å². The first-order valence-electron chi connectivity index (χ1n) is 11.2. The van der Waals surface area contributed by atoms with Crippen molar-refractivity contribution in [3.8, 4) is 5.75 Å². The number of carbonyl (C=O) groups excluding carboxylic acids is 1. The summed E-state index contributed by atoms with van der Waals surface area (Å²) >= 11 is 1.29. The van der Waals surface area contributed by atoms with E-state index >= 15 is 0 Å². The summed E-state index contributed by atoms with van der Waals surface area (Å²) in [6.45, 7) is 7.48. The molecule has 0 heterocycles. The number of hydrogen-bond acceptors (Lipinski definition) is 3. The number of rotatable bonds is 13. The summed E-state index contributed by atoms with van der Waals surface area (Å²) < 4.78 is 5.80. The van der Waals surface area contributed by atoms with Gasteiger partial charge in [0.05, 0.1) is 6.61 Å². The van der Waals surface area contributed by atoms with Crippen molar-refractivity contribution in [1.29, 1.82) is 0 Å². The minimum absolute atomic E-state index is 0.0714. The van der Waals surface area contributed by atoms with Gasteiger partial charge in [-0.15, -0.1) is 0 Å². The number of hydrogen-bond donors (Lipinski definition) is 0. The molecule has 0 aromatic heterocycles. The highest BCUT2D eigenvalue weighted by molar-refractivity contribution is 8.14. The van der Waals surface area contributed by atoms with Crippen LogP contribution in [0.5, 0.6) is 5.75 Å². The molecule has 0 spiro atoms. The topological polar surface area (TPSA) is 26.3 Å². The van der Waals surface area contributed by atoms with E-state index in [1.807, 2.05) is 24.3 Å². The summed E-state index contributed by atoms with van der Waals surface area (Å²) in [5.41, 5.74) is 2.05. The van der Waals surface area contributed by atoms with Gasteiger partial charge in [0.15, 0.2) is 0 Å². The van der Waals surface area contributed by atoms with Crippen molar-refractivity contribution in [2.24, 2.45) is 5.92 Å². The molecule has 2 nitrogen and oxygen atoms in total. The first kappa shape index (κ1) is 23.5. The van der Waals surface area contributed by atoms with E-state index in [0.717, 1.165) is 30.1 Å². The third-order valence-corrected chi connectivity index (χ3v) is 6.20. The third kappa shape index (κ3) is 9.08. The van der Waals surface area contributed by atoms with E-state index in [1.54, 1.807) is 0 Å². The van der Waals surface area contributed by atoms with Gasteiger partial charge < -0.3 is 4.74 Å². The van der Waals surface area contributed by atoms with Gasteiger partial charge in [0.2, 0.25) is 5.12 Å². The highest BCUT2D eigenvalue weighted by Gasteiger charge is 2.09. The van der Waals surface area contributed by atoms with E-state index in [0.29, 0.717) is 11.5 Å². The average molecular weight is 413 g/mol. The number of carbonyl (C=O) groups is 1. The first-order chi connectivity index (χ1) is 14.1. The van der Waals surface area contributed by atoms with Crippen LogP contribution in [0.25, 0.3) is 0 Å². The van der Waals surface area contributed by atoms with Crippen molar-refractivity contribution in [2.45, 2.75) is 77.0 Å². The van der Waals surface area contributed by atoms with E-state index in [-0.39, 0.29) is 5.12 Å². The number of ether oxygens (including phenoxy) is 1. The predicted molar refractivity (Wildman–Crippen MR) is 125 cm³/mol. The second kappa shape index (κ2) is 13.5. The molecule has 0 amide bonds. The lowest BCUT2D eigenvalue weighted by atomic mass is 9.99. The Hall–Kier alpha value is -1.74. The molecule has 3 heteroatoms. The van der Waals surface area contributed by atoms with Gasteiger partial charge in [-0.1, -0.05) is 71.4 Å². The minimum atomic E-state index is 0.0714. The van der Waals surface area contributed by atoms with Gasteiger partial charge in [-0.3, -0.25) is 4.79 Å². The Morgan fingerprint density at radius 1 is 0.897 bits per heavy atom. The van der Waals surface area contributed by atoms with Gasteiger partial charge in [-0.05, 0) is 72.5 Å². The fourth-order valence-electron chi connectivity index (χ4n) is 3.17. The Morgan fingerprint density at radius 2 is 1.55 bits per heavy atom. The number of benzene rings is 2. The molecule has 0 bridgehead atoms. The summed E-state index contributed by atoms with van der Waals surface area (Å²) in [6.07, 6.45) is 9.83. The van der Waals surface area contributed by atoms with Gasteiger partial charge in [0, 0.05) is 10.5 Å². The molecule has 0 saturated carbocycles. The van der Waals surface area contributed by atoms with Crippen LogP contribution in [0.4, 0.5) is 0 Å². The van der Waals surface area contributed by atoms with Gasteiger partial charge >= 0.3 is 0 Å². The van der Waals surface area contributed by atoms with Crippen molar-refractivity contribution >= 4 is 16.9 Å². The molecule has 2 aromatic carbocycles. The maximum atomic E-state index is 12.5. The molecule has 29 heavy (non-hydrogen) atoms. The van der Waals surface area contributed by atoms with Crippen LogP contribution >= 0.6 is 11.8 Å². The smallest absolute Gasteiger partial charge is 0.224 e. The highest BCUT2D eigenvalue weighted by Crippen LogP contribution is 2.25. The monoisotopic (exact) mass is 412 g/mol. The summed E-state index contributed by atoms with van der Waals surface area (Å²) in [5, 5.41) is 0.0714. The van der Waals surface area contributed by atoms with E-state index in [9.17, 15) is 4.79 Å². The lowest BCUT2D eigenvalue weighted by Crippen LogP contribution is -1.99. The molecule has 2 rings (SSSR count). The summed E-state index contributed by atoms with van der Waals surface area (Å²) in [4.78, 5) is 13.5. The van der Waals surface area contributed by atoms with E-state index in [2.05, 4.69) is 45.0 Å². The number of unbranched alkanes of at least 4 members (excludes halogenated alkanes) is 5. The molecule has 1 unspecified atom stereocenters. The first-order valence-corrected chi connectivity index (χ1v) is 12.0. The molecule has 0 radical (unpaired) electrons. The van der Waals surface area contributed by atoms with Gasteiger partial charge in [0.1, 0.15) is 5.75 Å².